The molecular formula is C21H24N4O3S. The van der Waals surface area contributed by atoms with Crippen molar-refractivity contribution < 1.29 is 14.3 Å². The summed E-state index contributed by atoms with van der Waals surface area (Å²) in [4.78, 5) is 28.8. The van der Waals surface area contributed by atoms with Gasteiger partial charge >= 0.3 is 5.97 Å². The summed E-state index contributed by atoms with van der Waals surface area (Å²) in [5.74, 6) is -0.517. The largest absolute Gasteiger partial charge is 0.466 e. The lowest BCUT2D eigenvalue weighted by molar-refractivity contribution is -0.142. The Labute approximate surface area is 173 Å². The molecule has 0 atom stereocenters. The Hall–Kier alpha value is -3.00. The lowest BCUT2D eigenvalue weighted by Gasteiger charge is -2.12. The lowest BCUT2D eigenvalue weighted by atomic mass is 10.0. The van der Waals surface area contributed by atoms with Crippen molar-refractivity contribution in [3.8, 4) is 5.69 Å². The van der Waals surface area contributed by atoms with E-state index in [4.69, 9.17) is 4.74 Å². The lowest BCUT2D eigenvalue weighted by Crippen LogP contribution is -2.15. The number of anilines is 1. The number of carbonyl (C=O) groups is 2. The molecular weight excluding hydrogens is 388 g/mol. The van der Waals surface area contributed by atoms with Crippen molar-refractivity contribution >= 4 is 28.3 Å². The van der Waals surface area contributed by atoms with Crippen molar-refractivity contribution in [2.45, 2.75) is 40.0 Å². The molecule has 0 spiro atoms. The number of rotatable bonds is 7. The van der Waals surface area contributed by atoms with Crippen LogP contribution in [-0.2, 0) is 16.0 Å². The Bertz CT molecular complexity index is 1010. The van der Waals surface area contributed by atoms with E-state index in [9.17, 15) is 9.59 Å². The van der Waals surface area contributed by atoms with E-state index in [0.29, 0.717) is 23.0 Å². The number of hydrogen-bond acceptors (Lipinski definition) is 6. The topological polar surface area (TPSA) is 86.1 Å². The second-order valence-corrected chi connectivity index (χ2v) is 7.78. The fourth-order valence-corrected chi connectivity index (χ4v) is 3.66. The van der Waals surface area contributed by atoms with Crippen LogP contribution >= 0.6 is 11.3 Å². The molecule has 0 unspecified atom stereocenters. The Morgan fingerprint density at radius 1 is 1.24 bits per heavy atom. The second kappa shape index (κ2) is 9.00. The molecule has 2 aromatic heterocycles. The van der Waals surface area contributed by atoms with Crippen LogP contribution in [0.2, 0.25) is 0 Å². The average molecular weight is 413 g/mol. The van der Waals surface area contributed by atoms with E-state index in [0.717, 1.165) is 16.9 Å². The van der Waals surface area contributed by atoms with E-state index in [1.165, 1.54) is 11.3 Å². The molecule has 152 valence electrons. The van der Waals surface area contributed by atoms with E-state index in [1.54, 1.807) is 23.2 Å². The zero-order valence-electron chi connectivity index (χ0n) is 16.9. The van der Waals surface area contributed by atoms with Crippen molar-refractivity contribution in [2.75, 3.05) is 11.9 Å². The quantitative estimate of drug-likeness (QED) is 0.590. The highest BCUT2D eigenvalue weighted by atomic mass is 32.1. The van der Waals surface area contributed by atoms with E-state index in [-0.39, 0.29) is 24.2 Å². The summed E-state index contributed by atoms with van der Waals surface area (Å²) in [6.45, 7) is 8.17. The predicted molar refractivity (Wildman–Crippen MR) is 113 cm³/mol. The van der Waals surface area contributed by atoms with Crippen molar-refractivity contribution in [1.82, 2.24) is 14.8 Å². The summed E-state index contributed by atoms with van der Waals surface area (Å²) in [6.07, 6.45) is 1.67. The zero-order valence-corrected chi connectivity index (χ0v) is 17.7. The van der Waals surface area contributed by atoms with Gasteiger partial charge in [0.15, 0.2) is 5.13 Å². The average Bonchev–Trinajstić information content (AvgIpc) is 3.29. The molecule has 8 heteroatoms. The maximum atomic E-state index is 12.9. The van der Waals surface area contributed by atoms with Gasteiger partial charge in [0.2, 0.25) is 0 Å². The third-order valence-corrected chi connectivity index (χ3v) is 5.09. The molecule has 1 amide bonds. The zero-order chi connectivity index (χ0) is 21.0. The van der Waals surface area contributed by atoms with Crippen LogP contribution in [0, 0.1) is 6.92 Å². The minimum atomic E-state index is -0.336. The van der Waals surface area contributed by atoms with Crippen LogP contribution in [0.3, 0.4) is 0 Å². The van der Waals surface area contributed by atoms with Gasteiger partial charge in [0.1, 0.15) is 0 Å². The van der Waals surface area contributed by atoms with E-state index >= 15 is 0 Å². The highest BCUT2D eigenvalue weighted by Crippen LogP contribution is 2.25. The van der Waals surface area contributed by atoms with Crippen LogP contribution in [0.4, 0.5) is 5.13 Å². The molecule has 7 nitrogen and oxygen atoms in total. The van der Waals surface area contributed by atoms with Crippen molar-refractivity contribution in [3.63, 3.8) is 0 Å². The minimum absolute atomic E-state index is 0.0861. The van der Waals surface area contributed by atoms with Crippen molar-refractivity contribution in [1.29, 1.82) is 0 Å². The van der Waals surface area contributed by atoms with E-state index in [2.05, 4.69) is 15.4 Å². The molecule has 3 rings (SSSR count). The van der Waals surface area contributed by atoms with Crippen LogP contribution in [0.25, 0.3) is 5.69 Å². The highest BCUT2D eigenvalue weighted by molar-refractivity contribution is 7.14. The number of benzene rings is 1. The predicted octanol–water partition coefficient (Wildman–Crippen LogP) is 4.12. The standard InChI is InChI=1S/C21H24N4O3S/c1-5-28-18(26)10-15-12-29-21(23-15)24-20(27)17-11-22-25(19(17)13(2)3)16-8-6-14(4)7-9-16/h6-9,11-13H,5,10H2,1-4H3,(H,23,24,27). The Balaban J connectivity index is 1.80. The number of esters is 1. The van der Waals surface area contributed by atoms with Crippen molar-refractivity contribution in [3.05, 3.63) is 58.4 Å². The van der Waals surface area contributed by atoms with Crippen LogP contribution in [0.1, 0.15) is 54.0 Å². The van der Waals surface area contributed by atoms with E-state index in [1.807, 2.05) is 45.0 Å². The number of ether oxygens (including phenoxy) is 1. The molecule has 0 saturated carbocycles. The van der Waals surface area contributed by atoms with Gasteiger partial charge in [0.05, 0.1) is 41.9 Å². The monoisotopic (exact) mass is 412 g/mol. The molecule has 1 aromatic carbocycles. The summed E-state index contributed by atoms with van der Waals surface area (Å²) in [7, 11) is 0. The first-order valence-electron chi connectivity index (χ1n) is 9.45. The second-order valence-electron chi connectivity index (χ2n) is 6.93. The van der Waals surface area contributed by atoms with Crippen LogP contribution in [0.5, 0.6) is 0 Å². The summed E-state index contributed by atoms with van der Waals surface area (Å²) in [5.41, 5.74) is 3.97. The van der Waals surface area contributed by atoms with Gasteiger partial charge in [-0.25, -0.2) is 9.67 Å². The molecule has 0 bridgehead atoms. The summed E-state index contributed by atoms with van der Waals surface area (Å²) in [5, 5.41) is 9.44. The van der Waals surface area contributed by atoms with E-state index < -0.39 is 0 Å². The van der Waals surface area contributed by atoms with Gasteiger partial charge in [0.25, 0.3) is 5.91 Å². The molecule has 0 fully saturated rings. The van der Waals surface area contributed by atoms with Gasteiger partial charge in [-0.1, -0.05) is 31.5 Å². The molecule has 1 N–H and O–H groups in total. The van der Waals surface area contributed by atoms with Crippen LogP contribution in [-0.4, -0.2) is 33.2 Å². The molecule has 0 aliphatic carbocycles. The number of nitrogens with one attached hydrogen (secondary N) is 1. The molecule has 3 aromatic rings. The fraction of sp³-hybridized carbons (Fsp3) is 0.333. The van der Waals surface area contributed by atoms with Gasteiger partial charge in [-0.15, -0.1) is 11.3 Å². The number of aromatic nitrogens is 3. The number of nitrogens with zero attached hydrogens (tertiary/aromatic N) is 3. The van der Waals surface area contributed by atoms with Gasteiger partial charge in [-0.05, 0) is 31.9 Å². The van der Waals surface area contributed by atoms with Gasteiger partial charge in [0, 0.05) is 5.38 Å². The number of amides is 1. The third kappa shape index (κ3) is 4.89. The Kier molecular flexibility index (Phi) is 6.43. The normalized spacial score (nSPS) is 10.9. The highest BCUT2D eigenvalue weighted by Gasteiger charge is 2.22. The number of thiazole rings is 1. The van der Waals surface area contributed by atoms with Gasteiger partial charge in [-0.2, -0.15) is 5.10 Å². The SMILES string of the molecule is CCOC(=O)Cc1csc(NC(=O)c2cnn(-c3ccc(C)cc3)c2C(C)C)n1. The smallest absolute Gasteiger partial charge is 0.311 e. The molecule has 2 heterocycles. The first-order chi connectivity index (χ1) is 13.9. The molecule has 29 heavy (non-hydrogen) atoms. The number of carbonyl (C=O) groups excluding carboxylic acids is 2. The molecule has 0 aliphatic heterocycles. The summed E-state index contributed by atoms with van der Waals surface area (Å²) in [6, 6.07) is 8.00. The molecule has 0 radical (unpaired) electrons. The first-order valence-corrected chi connectivity index (χ1v) is 10.3. The maximum Gasteiger partial charge on any atom is 0.311 e. The first kappa shape index (κ1) is 20.7. The van der Waals surface area contributed by atoms with Crippen LogP contribution < -0.4 is 5.32 Å². The van der Waals surface area contributed by atoms with Crippen LogP contribution in [0.15, 0.2) is 35.8 Å². The summed E-state index contributed by atoms with van der Waals surface area (Å²) < 4.78 is 6.73. The fourth-order valence-electron chi connectivity index (χ4n) is 2.95. The Morgan fingerprint density at radius 3 is 2.62 bits per heavy atom. The van der Waals surface area contributed by atoms with Gasteiger partial charge in [-0.3, -0.25) is 14.9 Å². The Morgan fingerprint density at radius 2 is 1.97 bits per heavy atom. The molecule has 0 aliphatic rings. The molecule has 0 saturated heterocycles. The maximum absolute atomic E-state index is 12.9. The summed E-state index contributed by atoms with van der Waals surface area (Å²) >= 11 is 1.27. The minimum Gasteiger partial charge on any atom is -0.466 e. The van der Waals surface area contributed by atoms with Crippen molar-refractivity contribution in [2.24, 2.45) is 0 Å². The third-order valence-electron chi connectivity index (χ3n) is 4.28. The van der Waals surface area contributed by atoms with Gasteiger partial charge < -0.3 is 4.74 Å². The number of aryl methyl sites for hydroxylation is 1. The number of hydrogen-bond donors (Lipinski definition) is 1.